The van der Waals surface area contributed by atoms with Gasteiger partial charge in [-0.05, 0) is 12.1 Å². The average molecular weight is 295 g/mol. The summed E-state index contributed by atoms with van der Waals surface area (Å²) >= 11 is 1.76. The number of rotatable bonds is 2. The first-order chi connectivity index (χ1) is 10.3. The van der Waals surface area contributed by atoms with E-state index in [1.165, 1.54) is 5.56 Å². The zero-order chi connectivity index (χ0) is 14.2. The van der Waals surface area contributed by atoms with Crippen LogP contribution in [0.15, 0.2) is 65.1 Å². The molecule has 1 aliphatic rings. The molecule has 0 bridgehead atoms. The van der Waals surface area contributed by atoms with Crippen LogP contribution in [0.25, 0.3) is 11.5 Å². The van der Waals surface area contributed by atoms with Gasteiger partial charge in [0, 0.05) is 5.56 Å². The quantitative estimate of drug-likeness (QED) is 0.682. The molecule has 0 radical (unpaired) electrons. The van der Waals surface area contributed by atoms with E-state index in [2.05, 4.69) is 12.1 Å². The summed E-state index contributed by atoms with van der Waals surface area (Å²) in [5.74, 6) is 1.11. The summed E-state index contributed by atoms with van der Waals surface area (Å²) in [4.78, 5) is 0. The van der Waals surface area contributed by atoms with E-state index >= 15 is 0 Å². The zero-order valence-corrected chi connectivity index (χ0v) is 12.0. The number of nitrogens with zero attached hydrogens (tertiary/aromatic N) is 1. The van der Waals surface area contributed by atoms with E-state index in [-0.39, 0.29) is 11.3 Å². The van der Waals surface area contributed by atoms with Gasteiger partial charge >= 0.3 is 0 Å². The summed E-state index contributed by atoms with van der Waals surface area (Å²) in [6.07, 6.45) is 0. The molecular formula is C17H13NO2S. The molecule has 0 unspecified atom stereocenters. The lowest BCUT2D eigenvalue weighted by molar-refractivity contribution is -0.684. The average Bonchev–Trinajstić information content (AvgIpc) is 3.11. The van der Waals surface area contributed by atoms with Crippen LogP contribution < -0.4 is 9.67 Å². The lowest BCUT2D eigenvalue weighted by Gasteiger charge is -2.08. The van der Waals surface area contributed by atoms with E-state index in [4.69, 9.17) is 4.42 Å². The first kappa shape index (κ1) is 12.5. The fraction of sp³-hybridized carbons (Fsp3) is 0.118. The van der Waals surface area contributed by atoms with Crippen LogP contribution in [-0.2, 0) is 5.75 Å². The summed E-state index contributed by atoms with van der Waals surface area (Å²) in [7, 11) is 0. The molecule has 0 saturated heterocycles. The highest BCUT2D eigenvalue weighted by Crippen LogP contribution is 2.40. The molecule has 0 N–H and O–H groups in total. The van der Waals surface area contributed by atoms with E-state index in [9.17, 15) is 5.11 Å². The van der Waals surface area contributed by atoms with E-state index in [0.29, 0.717) is 11.6 Å². The van der Waals surface area contributed by atoms with Crippen LogP contribution in [0.5, 0.6) is 5.95 Å². The maximum Gasteiger partial charge on any atom is 0.270 e. The molecule has 0 saturated carbocycles. The maximum absolute atomic E-state index is 12.1. The van der Waals surface area contributed by atoms with Crippen LogP contribution in [0.1, 0.15) is 16.6 Å². The Morgan fingerprint density at radius 3 is 2.38 bits per heavy atom. The fourth-order valence-electron chi connectivity index (χ4n) is 2.67. The molecule has 4 heteroatoms. The van der Waals surface area contributed by atoms with Gasteiger partial charge in [0.25, 0.3) is 5.89 Å². The Labute approximate surface area is 126 Å². The molecule has 4 rings (SSSR count). The Hall–Kier alpha value is -2.20. The molecule has 3 nitrogen and oxygen atoms in total. The highest BCUT2D eigenvalue weighted by Gasteiger charge is 2.38. The van der Waals surface area contributed by atoms with Crippen LogP contribution in [0.3, 0.4) is 0 Å². The van der Waals surface area contributed by atoms with Crippen molar-refractivity contribution in [3.8, 4) is 17.4 Å². The van der Waals surface area contributed by atoms with E-state index in [0.717, 1.165) is 11.3 Å². The number of oxazole rings is 1. The second-order valence-electron chi connectivity index (χ2n) is 4.95. The second kappa shape index (κ2) is 4.97. The Morgan fingerprint density at radius 1 is 1.00 bits per heavy atom. The predicted molar refractivity (Wildman–Crippen MR) is 79.7 cm³/mol. The molecule has 2 heterocycles. The molecule has 0 spiro atoms. The lowest BCUT2D eigenvalue weighted by Crippen LogP contribution is -2.38. The van der Waals surface area contributed by atoms with Crippen molar-refractivity contribution in [2.24, 2.45) is 0 Å². The van der Waals surface area contributed by atoms with Gasteiger partial charge in [-0.3, -0.25) is 0 Å². The molecule has 104 valence electrons. The summed E-state index contributed by atoms with van der Waals surface area (Å²) in [6, 6.07) is 20.0. The number of benzene rings is 2. The molecule has 3 aromatic rings. The minimum atomic E-state index is -0.222. The van der Waals surface area contributed by atoms with Gasteiger partial charge in [-0.15, -0.1) is 0 Å². The molecular weight excluding hydrogens is 282 g/mol. The fourth-order valence-corrected chi connectivity index (χ4v) is 3.96. The van der Waals surface area contributed by atoms with Gasteiger partial charge in [-0.1, -0.05) is 60.3 Å². The predicted octanol–water partition coefficient (Wildman–Crippen LogP) is 3.10. The molecule has 21 heavy (non-hydrogen) atoms. The van der Waals surface area contributed by atoms with Crippen LogP contribution in [0.2, 0.25) is 0 Å². The van der Waals surface area contributed by atoms with Crippen LogP contribution in [0.4, 0.5) is 0 Å². The molecule has 1 aromatic heterocycles. The SMILES string of the molecule is [O-]c1oc(-c2ccccc2)[n+]2c1CS[C@H]2c1ccccc1. The van der Waals surface area contributed by atoms with Crippen LogP contribution in [-0.4, -0.2) is 0 Å². The molecule has 0 aliphatic carbocycles. The van der Waals surface area contributed by atoms with Gasteiger partial charge in [0.15, 0.2) is 0 Å². The molecule has 1 aliphatic heterocycles. The molecule has 1 atom stereocenters. The van der Waals surface area contributed by atoms with Gasteiger partial charge in [0.1, 0.15) is 5.95 Å². The maximum atomic E-state index is 12.1. The third-order valence-corrected chi connectivity index (χ3v) is 4.89. The van der Waals surface area contributed by atoms with E-state index in [1.54, 1.807) is 11.8 Å². The third kappa shape index (κ3) is 2.03. The van der Waals surface area contributed by atoms with Gasteiger partial charge < -0.3 is 9.52 Å². The smallest absolute Gasteiger partial charge is 0.270 e. The highest BCUT2D eigenvalue weighted by molar-refractivity contribution is 7.98. The Kier molecular flexibility index (Phi) is 2.97. The number of aromatic nitrogens is 1. The lowest BCUT2D eigenvalue weighted by atomic mass is 10.2. The minimum Gasteiger partial charge on any atom is -0.540 e. The van der Waals surface area contributed by atoms with Crippen molar-refractivity contribution in [2.45, 2.75) is 11.1 Å². The number of thioether (sulfide) groups is 1. The molecule has 0 fully saturated rings. The van der Waals surface area contributed by atoms with Crippen molar-refractivity contribution in [1.82, 2.24) is 0 Å². The van der Waals surface area contributed by atoms with Crippen LogP contribution >= 0.6 is 11.8 Å². The zero-order valence-electron chi connectivity index (χ0n) is 11.2. The standard InChI is InChI=1S/C17H13NO2S/c19-17-14-11-21-16(13-9-5-2-6-10-13)18(14)15(20-17)12-7-3-1-4-8-12/h1-10,16H,11H2/t16-/m0/s1. The first-order valence-corrected chi connectivity index (χ1v) is 7.85. The molecule has 0 amide bonds. The van der Waals surface area contributed by atoms with Gasteiger partial charge in [-0.2, -0.15) is 4.57 Å². The van der Waals surface area contributed by atoms with Gasteiger partial charge in [0.05, 0.1) is 11.3 Å². The largest absolute Gasteiger partial charge is 0.540 e. The Balaban J connectivity index is 1.88. The normalized spacial score (nSPS) is 16.9. The summed E-state index contributed by atoms with van der Waals surface area (Å²) in [5.41, 5.74) is 2.86. The van der Waals surface area contributed by atoms with Crippen molar-refractivity contribution in [1.29, 1.82) is 0 Å². The van der Waals surface area contributed by atoms with E-state index < -0.39 is 0 Å². The Bertz CT molecular complexity index is 768. The number of hydrogen-bond donors (Lipinski definition) is 0. The Morgan fingerprint density at radius 2 is 1.67 bits per heavy atom. The number of fused-ring (bicyclic) bond motifs is 1. The van der Waals surface area contributed by atoms with Crippen LogP contribution in [0, 0.1) is 0 Å². The van der Waals surface area contributed by atoms with Crippen molar-refractivity contribution in [3.05, 3.63) is 71.9 Å². The van der Waals surface area contributed by atoms with Gasteiger partial charge in [-0.25, -0.2) is 0 Å². The van der Waals surface area contributed by atoms with Gasteiger partial charge in [0.2, 0.25) is 11.1 Å². The van der Waals surface area contributed by atoms with E-state index in [1.807, 2.05) is 53.1 Å². The van der Waals surface area contributed by atoms with Crippen molar-refractivity contribution >= 4 is 11.8 Å². The topological polar surface area (TPSA) is 40.1 Å². The molecule has 2 aromatic carbocycles. The summed E-state index contributed by atoms with van der Waals surface area (Å²) < 4.78 is 7.56. The monoisotopic (exact) mass is 295 g/mol. The first-order valence-electron chi connectivity index (χ1n) is 6.81. The summed E-state index contributed by atoms with van der Waals surface area (Å²) in [6.45, 7) is 0. The summed E-state index contributed by atoms with van der Waals surface area (Å²) in [5, 5.41) is 12.2. The third-order valence-electron chi connectivity index (χ3n) is 3.65. The number of hydrogen-bond acceptors (Lipinski definition) is 3. The highest BCUT2D eigenvalue weighted by atomic mass is 32.2. The van der Waals surface area contributed by atoms with Crippen molar-refractivity contribution in [3.63, 3.8) is 0 Å². The second-order valence-corrected chi connectivity index (χ2v) is 6.02. The minimum absolute atomic E-state index is 0.0999. The van der Waals surface area contributed by atoms with Crippen molar-refractivity contribution in [2.75, 3.05) is 0 Å². The van der Waals surface area contributed by atoms with Crippen molar-refractivity contribution < 1.29 is 14.1 Å².